The third-order valence-corrected chi connectivity index (χ3v) is 9.94. The number of anilines is 3. The Hall–Kier alpha value is -4.22. The number of likely N-dealkylation sites (N-methyl/N-ethyl adjacent to an activating group) is 1. The number of thioether (sulfide) groups is 1. The minimum atomic E-state index is -0.263. The number of nitrogens with one attached hydrogen (secondary N) is 1. The molecule has 1 N–H and O–H groups in total. The number of rotatable bonds is 6. The van der Waals surface area contributed by atoms with Crippen LogP contribution in [-0.4, -0.2) is 81.8 Å². The normalized spacial score (nSPS) is 17.3. The average molecular weight is 641 g/mol. The van der Waals surface area contributed by atoms with Crippen LogP contribution in [0.1, 0.15) is 32.5 Å². The van der Waals surface area contributed by atoms with E-state index < -0.39 is 0 Å². The number of hydrogen-bond acceptors (Lipinski definition) is 12. The number of ether oxygens (including phenoxy) is 1. The van der Waals surface area contributed by atoms with Crippen molar-refractivity contribution >= 4 is 51.7 Å². The Morgan fingerprint density at radius 2 is 1.93 bits per heavy atom. The number of aryl methyl sites for hydroxylation is 1. The Morgan fingerprint density at radius 1 is 1.09 bits per heavy atom. The van der Waals surface area contributed by atoms with Gasteiger partial charge in [0, 0.05) is 59.3 Å². The van der Waals surface area contributed by atoms with Crippen molar-refractivity contribution < 1.29 is 9.26 Å². The molecule has 1 aromatic carbocycles. The van der Waals surface area contributed by atoms with Crippen molar-refractivity contribution in [3.05, 3.63) is 85.9 Å². The number of aromatic nitrogens is 5. The minimum Gasteiger partial charge on any atom is -0.378 e. The highest BCUT2D eigenvalue weighted by molar-refractivity contribution is 7.99. The lowest BCUT2D eigenvalue weighted by Crippen LogP contribution is -2.36. The van der Waals surface area contributed by atoms with Crippen molar-refractivity contribution in [2.24, 2.45) is 0 Å². The van der Waals surface area contributed by atoms with E-state index in [1.807, 2.05) is 18.7 Å². The van der Waals surface area contributed by atoms with Crippen molar-refractivity contribution in [3.63, 3.8) is 0 Å². The molecule has 11 nitrogen and oxygen atoms in total. The summed E-state index contributed by atoms with van der Waals surface area (Å²) in [5.41, 5.74) is 5.92. The predicted octanol–water partition coefficient (Wildman–Crippen LogP) is 4.29. The summed E-state index contributed by atoms with van der Waals surface area (Å²) in [6, 6.07) is 10.2. The van der Waals surface area contributed by atoms with Gasteiger partial charge in [0.15, 0.2) is 0 Å². The molecule has 4 aromatic heterocycles. The fourth-order valence-corrected chi connectivity index (χ4v) is 7.40. The Labute approximate surface area is 268 Å². The van der Waals surface area contributed by atoms with Crippen LogP contribution in [0.25, 0.3) is 11.0 Å². The van der Waals surface area contributed by atoms with Gasteiger partial charge in [0.25, 0.3) is 5.56 Å². The van der Waals surface area contributed by atoms with Gasteiger partial charge in [-0.2, -0.15) is 16.7 Å². The molecule has 5 aromatic rings. The molecule has 2 aliphatic rings. The lowest BCUT2D eigenvalue weighted by Gasteiger charge is -2.29. The maximum atomic E-state index is 14.0. The fraction of sp³-hybridized carbons (Fsp3) is 0.344. The molecule has 0 saturated carbocycles. The first-order chi connectivity index (χ1) is 22.0. The Morgan fingerprint density at radius 3 is 2.71 bits per heavy atom. The molecule has 13 heteroatoms. The number of benzene rings is 1. The molecule has 2 fully saturated rings. The summed E-state index contributed by atoms with van der Waals surface area (Å²) in [4.78, 5) is 33.2. The quantitative estimate of drug-likeness (QED) is 0.268. The summed E-state index contributed by atoms with van der Waals surface area (Å²) < 4.78 is 12.8. The second kappa shape index (κ2) is 13.0. The average Bonchev–Trinajstić information content (AvgIpc) is 3.71. The van der Waals surface area contributed by atoms with Gasteiger partial charge in [-0.25, -0.2) is 9.97 Å². The highest BCUT2D eigenvalue weighted by atomic mass is 32.2. The third-order valence-electron chi connectivity index (χ3n) is 7.94. The zero-order valence-corrected chi connectivity index (χ0v) is 26.7. The molecule has 1 unspecified atom stereocenters. The van der Waals surface area contributed by atoms with Crippen LogP contribution in [0.5, 0.6) is 0 Å². The van der Waals surface area contributed by atoms with Gasteiger partial charge >= 0.3 is 0 Å². The fourth-order valence-electron chi connectivity index (χ4n) is 5.46. The lowest BCUT2D eigenvalue weighted by atomic mass is 10.1. The summed E-state index contributed by atoms with van der Waals surface area (Å²) in [6.45, 7) is 6.89. The maximum Gasteiger partial charge on any atom is 0.268 e. The molecule has 0 bridgehead atoms. The molecule has 0 spiro atoms. The summed E-state index contributed by atoms with van der Waals surface area (Å²) in [6.07, 6.45) is 3.38. The van der Waals surface area contributed by atoms with E-state index in [9.17, 15) is 4.79 Å². The summed E-state index contributed by atoms with van der Waals surface area (Å²) in [5.74, 6) is 8.27. The van der Waals surface area contributed by atoms with E-state index in [4.69, 9.17) is 14.2 Å². The number of hydrogen-bond donors (Lipinski definition) is 1. The summed E-state index contributed by atoms with van der Waals surface area (Å²) in [7, 11) is 2.17. The molecular formula is C32H32N8O3S2. The van der Waals surface area contributed by atoms with Gasteiger partial charge in [0.2, 0.25) is 11.8 Å². The Balaban J connectivity index is 1.23. The molecule has 2 aliphatic heterocycles. The number of pyridine rings is 1. The number of morpholine rings is 1. The van der Waals surface area contributed by atoms with Crippen LogP contribution < -0.4 is 15.8 Å². The third kappa shape index (κ3) is 6.46. The van der Waals surface area contributed by atoms with Crippen LogP contribution in [0.2, 0.25) is 0 Å². The van der Waals surface area contributed by atoms with E-state index >= 15 is 0 Å². The Bertz CT molecular complexity index is 1940. The summed E-state index contributed by atoms with van der Waals surface area (Å²) >= 11 is 3.52. The van der Waals surface area contributed by atoms with Crippen LogP contribution in [0.4, 0.5) is 17.5 Å². The zero-order valence-electron chi connectivity index (χ0n) is 25.0. The number of fused-ring (bicyclic) bond motifs is 1. The topological polar surface area (TPSA) is 114 Å². The van der Waals surface area contributed by atoms with Gasteiger partial charge in [-0.3, -0.25) is 9.36 Å². The lowest BCUT2D eigenvalue weighted by molar-refractivity contribution is 0.120. The Kier molecular flexibility index (Phi) is 8.53. The molecule has 0 aliphatic carbocycles. The van der Waals surface area contributed by atoms with Crippen LogP contribution in [0, 0.1) is 18.8 Å². The maximum absolute atomic E-state index is 14.0. The van der Waals surface area contributed by atoms with Crippen molar-refractivity contribution in [2.75, 3.05) is 62.4 Å². The number of thiazole rings is 1. The molecule has 45 heavy (non-hydrogen) atoms. The van der Waals surface area contributed by atoms with Crippen molar-refractivity contribution in [1.29, 1.82) is 0 Å². The highest BCUT2D eigenvalue weighted by Gasteiger charge is 2.22. The standard InChI is InChI=1S/C32H32N8O3S2/c1-21-27(34-20-45-21)8-5-23-15-24-16-33-32(36-26-6-3-22(4-7-26)28-19-38(2)11-14-44-28)37-29(24)40(30(23)41)18-25-17-35-43-31(25)39-9-12-42-13-10-39/h3-4,6-7,15-17,20,28H,9-14,18-19H2,1-2H3,(H,33,36,37). The molecule has 0 radical (unpaired) electrons. The second-order valence-corrected chi connectivity index (χ2v) is 13.4. The SMILES string of the molecule is Cc1scnc1C#Cc1cc2cnc(Nc3ccc(C4CN(C)CCS4)cc3)nc2n(Cc2cnoc2N2CCOCC2)c1=O. The van der Waals surface area contributed by atoms with Crippen LogP contribution in [-0.2, 0) is 11.3 Å². The molecule has 2 saturated heterocycles. The van der Waals surface area contributed by atoms with Gasteiger partial charge < -0.3 is 24.4 Å². The van der Waals surface area contributed by atoms with E-state index in [-0.39, 0.29) is 12.1 Å². The van der Waals surface area contributed by atoms with E-state index in [0.29, 0.717) is 65.7 Å². The van der Waals surface area contributed by atoms with Gasteiger partial charge in [-0.05, 0) is 43.7 Å². The van der Waals surface area contributed by atoms with E-state index in [1.165, 1.54) is 16.9 Å². The zero-order chi connectivity index (χ0) is 30.8. The van der Waals surface area contributed by atoms with E-state index in [2.05, 4.69) is 73.4 Å². The molecule has 230 valence electrons. The predicted molar refractivity (Wildman–Crippen MR) is 178 cm³/mol. The molecular weight excluding hydrogens is 609 g/mol. The smallest absolute Gasteiger partial charge is 0.268 e. The van der Waals surface area contributed by atoms with Crippen molar-refractivity contribution in [2.45, 2.75) is 18.7 Å². The first-order valence-electron chi connectivity index (χ1n) is 14.8. The number of nitrogens with zero attached hydrogens (tertiary/aromatic N) is 7. The first kappa shape index (κ1) is 29.5. The van der Waals surface area contributed by atoms with Crippen molar-refractivity contribution in [3.8, 4) is 11.8 Å². The van der Waals surface area contributed by atoms with Crippen LogP contribution in [0.3, 0.4) is 0 Å². The van der Waals surface area contributed by atoms with Crippen molar-refractivity contribution in [1.82, 2.24) is 29.6 Å². The molecule has 1 atom stereocenters. The first-order valence-corrected chi connectivity index (χ1v) is 16.7. The molecule has 0 amide bonds. The largest absolute Gasteiger partial charge is 0.378 e. The minimum absolute atomic E-state index is 0.204. The van der Waals surface area contributed by atoms with Gasteiger partial charge in [-0.15, -0.1) is 11.3 Å². The van der Waals surface area contributed by atoms with Crippen LogP contribution in [0.15, 0.2) is 57.6 Å². The summed E-state index contributed by atoms with van der Waals surface area (Å²) in [5, 5.41) is 8.54. The second-order valence-electron chi connectivity index (χ2n) is 11.1. The van der Waals surface area contributed by atoms with Gasteiger partial charge in [-0.1, -0.05) is 23.2 Å². The monoisotopic (exact) mass is 640 g/mol. The van der Waals surface area contributed by atoms with Crippen LogP contribution >= 0.6 is 23.1 Å². The van der Waals surface area contributed by atoms with E-state index in [0.717, 1.165) is 35.0 Å². The van der Waals surface area contributed by atoms with Gasteiger partial charge in [0.1, 0.15) is 11.3 Å². The molecule has 7 rings (SSSR count). The highest BCUT2D eigenvalue weighted by Crippen LogP contribution is 2.33. The van der Waals surface area contributed by atoms with E-state index in [1.54, 1.807) is 28.5 Å². The van der Waals surface area contributed by atoms with Gasteiger partial charge in [0.05, 0.1) is 42.6 Å². The molecule has 6 heterocycles.